The summed E-state index contributed by atoms with van der Waals surface area (Å²) in [6.07, 6.45) is 0.687. The van der Waals surface area contributed by atoms with E-state index in [1.165, 1.54) is 7.11 Å². The number of esters is 1. The topological polar surface area (TPSA) is 76.7 Å². The molecule has 0 saturated heterocycles. The van der Waals surface area contributed by atoms with Crippen LogP contribution in [0.5, 0.6) is 5.75 Å². The van der Waals surface area contributed by atoms with Crippen LogP contribution in [-0.4, -0.2) is 32.8 Å². The molecule has 0 fully saturated rings. The third-order valence-corrected chi connectivity index (χ3v) is 3.94. The van der Waals surface area contributed by atoms with Crippen molar-refractivity contribution in [2.75, 3.05) is 20.8 Å². The van der Waals surface area contributed by atoms with E-state index in [-0.39, 0.29) is 12.0 Å². The Kier molecular flexibility index (Phi) is 7.02. The Hall–Kier alpha value is -3.02. The average molecular weight is 356 g/mol. The Labute approximate surface area is 153 Å². The van der Waals surface area contributed by atoms with Gasteiger partial charge >= 0.3 is 12.0 Å². The van der Waals surface area contributed by atoms with Crippen LogP contribution in [-0.2, 0) is 17.7 Å². The number of nitrogens with one attached hydrogen (secondary N) is 2. The van der Waals surface area contributed by atoms with Gasteiger partial charge in [0.25, 0.3) is 0 Å². The summed E-state index contributed by atoms with van der Waals surface area (Å²) in [5.74, 6) is 0.442. The Morgan fingerprint density at radius 3 is 2.38 bits per heavy atom. The van der Waals surface area contributed by atoms with Crippen molar-refractivity contribution in [1.29, 1.82) is 0 Å². The fraction of sp³-hybridized carbons (Fsp3) is 0.300. The monoisotopic (exact) mass is 356 g/mol. The Morgan fingerprint density at radius 2 is 1.73 bits per heavy atom. The molecule has 0 aliphatic carbocycles. The molecule has 26 heavy (non-hydrogen) atoms. The summed E-state index contributed by atoms with van der Waals surface area (Å²) in [5.41, 5.74) is 3.59. The quantitative estimate of drug-likeness (QED) is 0.748. The van der Waals surface area contributed by atoms with E-state index in [0.29, 0.717) is 25.1 Å². The van der Waals surface area contributed by atoms with Gasteiger partial charge in [0, 0.05) is 13.1 Å². The molecular formula is C20H24N2O4. The minimum atomic E-state index is -0.381. The Balaban J connectivity index is 1.77. The molecule has 0 aromatic heterocycles. The standard InChI is InChI=1S/C20H24N2O4/c1-14-4-9-18(25-2)17(12-14)10-11-21-20(24)22-13-15-5-7-16(8-6-15)19(23)26-3/h4-9,12H,10-11,13H2,1-3H3,(H2,21,22,24). The van der Waals surface area contributed by atoms with Crippen LogP contribution < -0.4 is 15.4 Å². The number of amides is 2. The number of benzene rings is 2. The van der Waals surface area contributed by atoms with E-state index in [9.17, 15) is 9.59 Å². The summed E-state index contributed by atoms with van der Waals surface area (Å²) in [6, 6.07) is 12.6. The smallest absolute Gasteiger partial charge is 0.337 e. The zero-order valence-corrected chi connectivity index (χ0v) is 15.3. The van der Waals surface area contributed by atoms with Gasteiger partial charge < -0.3 is 20.1 Å². The first-order valence-electron chi connectivity index (χ1n) is 8.36. The maximum absolute atomic E-state index is 11.9. The van der Waals surface area contributed by atoms with Gasteiger partial charge in [0.1, 0.15) is 5.75 Å². The molecule has 0 radical (unpaired) electrons. The summed E-state index contributed by atoms with van der Waals surface area (Å²) in [4.78, 5) is 23.3. The maximum atomic E-state index is 11.9. The minimum Gasteiger partial charge on any atom is -0.496 e. The summed E-state index contributed by atoms with van der Waals surface area (Å²) < 4.78 is 9.99. The lowest BCUT2D eigenvalue weighted by Gasteiger charge is -2.11. The molecule has 2 amide bonds. The molecule has 0 unspecified atom stereocenters. The number of urea groups is 1. The molecule has 0 aliphatic heterocycles. The lowest BCUT2D eigenvalue weighted by Crippen LogP contribution is -2.36. The summed E-state index contributed by atoms with van der Waals surface area (Å²) in [5, 5.41) is 5.62. The molecule has 0 atom stereocenters. The number of hydrogen-bond donors (Lipinski definition) is 2. The maximum Gasteiger partial charge on any atom is 0.337 e. The molecule has 0 spiro atoms. The van der Waals surface area contributed by atoms with Crippen LogP contribution in [0.4, 0.5) is 4.79 Å². The molecule has 2 N–H and O–H groups in total. The van der Waals surface area contributed by atoms with E-state index in [2.05, 4.69) is 21.4 Å². The normalized spacial score (nSPS) is 10.1. The fourth-order valence-corrected chi connectivity index (χ4v) is 2.53. The van der Waals surface area contributed by atoms with Crippen LogP contribution in [0.15, 0.2) is 42.5 Å². The SMILES string of the molecule is COC(=O)c1ccc(CNC(=O)NCCc2cc(C)ccc2OC)cc1. The number of aryl methyl sites for hydroxylation is 1. The molecule has 2 aromatic carbocycles. The molecule has 6 heteroatoms. The number of carbonyl (C=O) groups excluding carboxylic acids is 2. The van der Waals surface area contributed by atoms with Crippen LogP contribution in [0, 0.1) is 6.92 Å². The van der Waals surface area contributed by atoms with Crippen LogP contribution in [0.1, 0.15) is 27.0 Å². The first-order valence-corrected chi connectivity index (χ1v) is 8.36. The van der Waals surface area contributed by atoms with E-state index >= 15 is 0 Å². The second-order valence-corrected chi connectivity index (χ2v) is 5.86. The zero-order chi connectivity index (χ0) is 18.9. The van der Waals surface area contributed by atoms with Crippen molar-refractivity contribution in [2.24, 2.45) is 0 Å². The van der Waals surface area contributed by atoms with E-state index in [4.69, 9.17) is 4.74 Å². The molecular weight excluding hydrogens is 332 g/mol. The van der Waals surface area contributed by atoms with Crippen molar-refractivity contribution in [3.8, 4) is 5.75 Å². The second-order valence-electron chi connectivity index (χ2n) is 5.86. The van der Waals surface area contributed by atoms with E-state index in [1.54, 1.807) is 31.4 Å². The number of methoxy groups -OCH3 is 2. The highest BCUT2D eigenvalue weighted by Gasteiger charge is 2.06. The first kappa shape index (κ1) is 19.3. The van der Waals surface area contributed by atoms with Gasteiger partial charge in [-0.25, -0.2) is 9.59 Å². The van der Waals surface area contributed by atoms with E-state index in [1.807, 2.05) is 19.1 Å². The Morgan fingerprint density at radius 1 is 1.00 bits per heavy atom. The minimum absolute atomic E-state index is 0.242. The number of carbonyl (C=O) groups is 2. The molecule has 138 valence electrons. The van der Waals surface area contributed by atoms with E-state index < -0.39 is 0 Å². The van der Waals surface area contributed by atoms with Crippen molar-refractivity contribution in [1.82, 2.24) is 10.6 Å². The first-order chi connectivity index (χ1) is 12.5. The summed E-state index contributed by atoms with van der Waals surface area (Å²) in [6.45, 7) is 2.91. The van der Waals surface area contributed by atoms with Crippen molar-refractivity contribution >= 4 is 12.0 Å². The third-order valence-electron chi connectivity index (χ3n) is 3.94. The largest absolute Gasteiger partial charge is 0.496 e. The van der Waals surface area contributed by atoms with Gasteiger partial charge in [0.2, 0.25) is 0 Å². The van der Waals surface area contributed by atoms with Gasteiger partial charge in [0.05, 0.1) is 19.8 Å². The number of rotatable bonds is 7. The molecule has 0 aliphatic rings. The lowest BCUT2D eigenvalue weighted by atomic mass is 10.1. The van der Waals surface area contributed by atoms with E-state index in [0.717, 1.165) is 22.4 Å². The van der Waals surface area contributed by atoms with Gasteiger partial charge in [-0.05, 0) is 42.7 Å². The third kappa shape index (κ3) is 5.51. The fourth-order valence-electron chi connectivity index (χ4n) is 2.53. The van der Waals surface area contributed by atoms with Gasteiger partial charge in [-0.15, -0.1) is 0 Å². The number of hydrogen-bond acceptors (Lipinski definition) is 4. The molecule has 2 aromatic rings. The highest BCUT2D eigenvalue weighted by molar-refractivity contribution is 5.89. The van der Waals surface area contributed by atoms with Gasteiger partial charge in [-0.3, -0.25) is 0 Å². The number of ether oxygens (including phenoxy) is 2. The van der Waals surface area contributed by atoms with Crippen LogP contribution in [0.2, 0.25) is 0 Å². The van der Waals surface area contributed by atoms with Gasteiger partial charge in [-0.1, -0.05) is 29.8 Å². The van der Waals surface area contributed by atoms with Crippen LogP contribution >= 0.6 is 0 Å². The molecule has 0 saturated carbocycles. The molecule has 0 heterocycles. The average Bonchev–Trinajstić information content (AvgIpc) is 2.66. The van der Waals surface area contributed by atoms with Gasteiger partial charge in [-0.2, -0.15) is 0 Å². The predicted molar refractivity (Wildman–Crippen MR) is 99.5 cm³/mol. The molecule has 0 bridgehead atoms. The highest BCUT2D eigenvalue weighted by atomic mass is 16.5. The van der Waals surface area contributed by atoms with Crippen molar-refractivity contribution in [3.63, 3.8) is 0 Å². The predicted octanol–water partition coefficient (Wildman–Crippen LogP) is 2.83. The van der Waals surface area contributed by atoms with Crippen molar-refractivity contribution in [3.05, 3.63) is 64.7 Å². The Bertz CT molecular complexity index is 757. The summed E-state index contributed by atoms with van der Waals surface area (Å²) >= 11 is 0. The van der Waals surface area contributed by atoms with Crippen molar-refractivity contribution < 1.29 is 19.1 Å². The summed E-state index contributed by atoms with van der Waals surface area (Å²) in [7, 11) is 2.98. The highest BCUT2D eigenvalue weighted by Crippen LogP contribution is 2.19. The van der Waals surface area contributed by atoms with Crippen molar-refractivity contribution in [2.45, 2.75) is 19.9 Å². The zero-order valence-electron chi connectivity index (χ0n) is 15.3. The lowest BCUT2D eigenvalue weighted by molar-refractivity contribution is 0.0600. The van der Waals surface area contributed by atoms with Gasteiger partial charge in [0.15, 0.2) is 0 Å². The second kappa shape index (κ2) is 9.46. The van der Waals surface area contributed by atoms with Crippen LogP contribution in [0.3, 0.4) is 0 Å². The molecule has 2 rings (SSSR count). The molecule has 6 nitrogen and oxygen atoms in total. The van der Waals surface area contributed by atoms with Crippen LogP contribution in [0.25, 0.3) is 0 Å².